The molecule has 0 bridgehead atoms. The summed E-state index contributed by atoms with van der Waals surface area (Å²) >= 11 is 0. The van der Waals surface area contributed by atoms with E-state index in [-0.39, 0.29) is 13.0 Å². The Morgan fingerprint density at radius 3 is 2.25 bits per heavy atom. The van der Waals surface area contributed by atoms with Gasteiger partial charge in [-0.15, -0.1) is 0 Å². The SMILES string of the molecule is CCCCC1(c2ccccc2)NC(=O)N(CC(=O)N(CCC(N)=O)c2ccccc2)C1=O. The molecule has 8 heteroatoms. The van der Waals surface area contributed by atoms with Crippen molar-refractivity contribution < 1.29 is 19.2 Å². The van der Waals surface area contributed by atoms with Gasteiger partial charge < -0.3 is 16.0 Å². The van der Waals surface area contributed by atoms with Crippen LogP contribution in [-0.2, 0) is 19.9 Å². The average Bonchev–Trinajstić information content (AvgIpc) is 3.04. The van der Waals surface area contributed by atoms with Crippen LogP contribution in [-0.4, -0.2) is 41.7 Å². The van der Waals surface area contributed by atoms with E-state index >= 15 is 0 Å². The molecule has 1 unspecified atom stereocenters. The first-order valence-corrected chi connectivity index (χ1v) is 10.7. The molecule has 0 radical (unpaired) electrons. The van der Waals surface area contributed by atoms with Crippen molar-refractivity contribution >= 4 is 29.4 Å². The Kier molecular flexibility index (Phi) is 7.25. The fourth-order valence-corrected chi connectivity index (χ4v) is 3.89. The van der Waals surface area contributed by atoms with Crippen molar-refractivity contribution in [1.29, 1.82) is 0 Å². The number of hydrogen-bond donors (Lipinski definition) is 2. The summed E-state index contributed by atoms with van der Waals surface area (Å²) in [6.45, 7) is 1.64. The van der Waals surface area contributed by atoms with Crippen molar-refractivity contribution in [2.45, 2.75) is 38.1 Å². The summed E-state index contributed by atoms with van der Waals surface area (Å²) < 4.78 is 0. The number of benzene rings is 2. The number of nitrogens with one attached hydrogen (secondary N) is 1. The van der Waals surface area contributed by atoms with Crippen LogP contribution in [0.5, 0.6) is 0 Å². The number of para-hydroxylation sites is 1. The minimum Gasteiger partial charge on any atom is -0.370 e. The van der Waals surface area contributed by atoms with Gasteiger partial charge in [0.15, 0.2) is 0 Å². The normalized spacial score (nSPS) is 17.8. The Bertz CT molecular complexity index is 980. The minimum atomic E-state index is -1.20. The lowest BCUT2D eigenvalue weighted by Gasteiger charge is -2.28. The molecule has 1 saturated heterocycles. The third-order valence-corrected chi connectivity index (χ3v) is 5.59. The summed E-state index contributed by atoms with van der Waals surface area (Å²) in [6.07, 6.45) is 1.99. The predicted molar refractivity (Wildman–Crippen MR) is 120 cm³/mol. The van der Waals surface area contributed by atoms with Crippen molar-refractivity contribution in [1.82, 2.24) is 10.2 Å². The Morgan fingerprint density at radius 2 is 1.66 bits per heavy atom. The van der Waals surface area contributed by atoms with Crippen LogP contribution in [0.15, 0.2) is 60.7 Å². The number of nitrogens with zero attached hydrogens (tertiary/aromatic N) is 2. The molecule has 1 atom stereocenters. The number of carbonyl (C=O) groups excluding carboxylic acids is 4. The zero-order chi connectivity index (χ0) is 23.1. The first-order valence-electron chi connectivity index (χ1n) is 10.7. The van der Waals surface area contributed by atoms with E-state index in [1.54, 1.807) is 30.3 Å². The van der Waals surface area contributed by atoms with Crippen LogP contribution in [0.3, 0.4) is 0 Å². The smallest absolute Gasteiger partial charge is 0.325 e. The molecule has 0 saturated carbocycles. The standard InChI is InChI=1S/C24H28N4O4/c1-2-3-15-24(18-10-6-4-7-11-18)22(31)28(23(32)26-24)17-21(30)27(16-14-20(25)29)19-12-8-5-9-13-19/h4-13H,2-3,14-17H2,1H3,(H2,25,29)(H,26,32). The number of nitrogens with two attached hydrogens (primary N) is 1. The largest absolute Gasteiger partial charge is 0.370 e. The zero-order valence-corrected chi connectivity index (χ0v) is 18.1. The van der Waals surface area contributed by atoms with Gasteiger partial charge in [0.05, 0.1) is 0 Å². The molecular weight excluding hydrogens is 408 g/mol. The molecule has 1 fully saturated rings. The number of primary amides is 1. The lowest BCUT2D eigenvalue weighted by atomic mass is 9.85. The molecule has 2 aromatic rings. The summed E-state index contributed by atoms with van der Waals surface area (Å²) in [5.41, 5.74) is 5.32. The van der Waals surface area contributed by atoms with Crippen LogP contribution in [0, 0.1) is 0 Å². The van der Waals surface area contributed by atoms with E-state index in [0.717, 1.165) is 17.7 Å². The molecule has 168 valence electrons. The fraction of sp³-hybridized carbons (Fsp3) is 0.333. The maximum Gasteiger partial charge on any atom is 0.325 e. The predicted octanol–water partition coefficient (Wildman–Crippen LogP) is 2.53. The molecule has 3 rings (SSSR count). The van der Waals surface area contributed by atoms with Crippen molar-refractivity contribution in [3.63, 3.8) is 0 Å². The van der Waals surface area contributed by atoms with E-state index in [9.17, 15) is 19.2 Å². The van der Waals surface area contributed by atoms with E-state index in [0.29, 0.717) is 17.7 Å². The van der Waals surface area contributed by atoms with Gasteiger partial charge in [0.2, 0.25) is 11.8 Å². The summed E-state index contributed by atoms with van der Waals surface area (Å²) in [4.78, 5) is 53.2. The van der Waals surface area contributed by atoms with Gasteiger partial charge in [0.1, 0.15) is 12.1 Å². The van der Waals surface area contributed by atoms with Crippen LogP contribution < -0.4 is 16.0 Å². The monoisotopic (exact) mass is 436 g/mol. The second-order valence-electron chi connectivity index (χ2n) is 7.79. The van der Waals surface area contributed by atoms with Gasteiger partial charge in [-0.05, 0) is 24.1 Å². The number of anilines is 1. The molecule has 0 aromatic heterocycles. The van der Waals surface area contributed by atoms with Crippen molar-refractivity contribution in [2.75, 3.05) is 18.0 Å². The fourth-order valence-electron chi connectivity index (χ4n) is 3.89. The zero-order valence-electron chi connectivity index (χ0n) is 18.1. The van der Waals surface area contributed by atoms with E-state index in [4.69, 9.17) is 5.73 Å². The van der Waals surface area contributed by atoms with E-state index in [2.05, 4.69) is 5.32 Å². The molecule has 32 heavy (non-hydrogen) atoms. The number of unbranched alkanes of at least 4 members (excludes halogenated alkanes) is 1. The topological polar surface area (TPSA) is 113 Å². The highest BCUT2D eigenvalue weighted by molar-refractivity contribution is 6.10. The highest BCUT2D eigenvalue weighted by atomic mass is 16.2. The second-order valence-corrected chi connectivity index (χ2v) is 7.79. The number of rotatable bonds is 10. The molecule has 1 heterocycles. The third kappa shape index (κ3) is 4.80. The van der Waals surface area contributed by atoms with E-state index in [1.807, 2.05) is 37.3 Å². The maximum absolute atomic E-state index is 13.5. The molecule has 3 N–H and O–H groups in total. The number of hydrogen-bond acceptors (Lipinski definition) is 4. The van der Waals surface area contributed by atoms with Gasteiger partial charge >= 0.3 is 6.03 Å². The molecular formula is C24H28N4O4. The van der Waals surface area contributed by atoms with Crippen molar-refractivity contribution in [2.24, 2.45) is 5.73 Å². The van der Waals surface area contributed by atoms with Gasteiger partial charge in [-0.3, -0.25) is 19.3 Å². The van der Waals surface area contributed by atoms with Crippen LogP contribution in [0.1, 0.15) is 38.2 Å². The van der Waals surface area contributed by atoms with Crippen molar-refractivity contribution in [3.8, 4) is 0 Å². The van der Waals surface area contributed by atoms with Crippen molar-refractivity contribution in [3.05, 3.63) is 66.2 Å². The lowest BCUT2D eigenvalue weighted by Crippen LogP contribution is -2.46. The van der Waals surface area contributed by atoms with Gasteiger partial charge in [0, 0.05) is 18.7 Å². The molecule has 8 nitrogen and oxygen atoms in total. The molecule has 1 aliphatic heterocycles. The Morgan fingerprint density at radius 1 is 1.03 bits per heavy atom. The van der Waals surface area contributed by atoms with Crippen LogP contribution in [0.2, 0.25) is 0 Å². The van der Waals surface area contributed by atoms with Gasteiger partial charge in [-0.2, -0.15) is 0 Å². The number of imide groups is 1. The van der Waals surface area contributed by atoms with Gasteiger partial charge in [-0.25, -0.2) is 4.79 Å². The van der Waals surface area contributed by atoms with E-state index in [1.165, 1.54) is 4.90 Å². The quantitative estimate of drug-likeness (QED) is 0.557. The third-order valence-electron chi connectivity index (χ3n) is 5.59. The molecule has 1 aliphatic rings. The highest BCUT2D eigenvalue weighted by Crippen LogP contribution is 2.34. The maximum atomic E-state index is 13.5. The van der Waals surface area contributed by atoms with Crippen LogP contribution in [0.4, 0.5) is 10.5 Å². The number of urea groups is 1. The van der Waals surface area contributed by atoms with Gasteiger partial charge in [-0.1, -0.05) is 68.3 Å². The first kappa shape index (κ1) is 23.0. The van der Waals surface area contributed by atoms with E-state index < -0.39 is 35.8 Å². The Balaban J connectivity index is 1.86. The summed E-state index contributed by atoms with van der Waals surface area (Å²) in [6, 6.07) is 17.3. The summed E-state index contributed by atoms with van der Waals surface area (Å²) in [5.74, 6) is -1.46. The summed E-state index contributed by atoms with van der Waals surface area (Å²) in [7, 11) is 0. The number of amides is 5. The first-order chi connectivity index (χ1) is 15.4. The highest BCUT2D eigenvalue weighted by Gasteiger charge is 2.52. The average molecular weight is 437 g/mol. The molecule has 2 aromatic carbocycles. The molecule has 0 aliphatic carbocycles. The van der Waals surface area contributed by atoms with Crippen LogP contribution in [0.25, 0.3) is 0 Å². The lowest BCUT2D eigenvalue weighted by molar-refractivity contribution is -0.135. The number of carbonyl (C=O) groups is 4. The molecule has 5 amide bonds. The van der Waals surface area contributed by atoms with Gasteiger partial charge in [0.25, 0.3) is 5.91 Å². The minimum absolute atomic E-state index is 0.0365. The van der Waals surface area contributed by atoms with Crippen LogP contribution >= 0.6 is 0 Å². The molecule has 0 spiro atoms. The Labute approximate surface area is 187 Å². The second kappa shape index (κ2) is 10.1. The Hall–Kier alpha value is -3.68. The summed E-state index contributed by atoms with van der Waals surface area (Å²) in [5, 5.41) is 2.85.